The van der Waals surface area contributed by atoms with E-state index in [-0.39, 0.29) is 4.90 Å². The first-order valence-electron chi connectivity index (χ1n) is 5.17. The second kappa shape index (κ2) is 5.07. The molecule has 0 saturated carbocycles. The molecule has 0 radical (unpaired) electrons. The van der Waals surface area contributed by atoms with E-state index in [2.05, 4.69) is 20.9 Å². The Morgan fingerprint density at radius 1 is 1.11 bits per heavy atom. The van der Waals surface area contributed by atoms with Crippen LogP contribution in [0.2, 0.25) is 0 Å². The van der Waals surface area contributed by atoms with Crippen molar-refractivity contribution in [2.24, 2.45) is 0 Å². The van der Waals surface area contributed by atoms with Crippen molar-refractivity contribution in [1.29, 1.82) is 0 Å². The highest BCUT2D eigenvalue weighted by atomic mass is 79.9. The van der Waals surface area contributed by atoms with E-state index in [0.29, 0.717) is 5.82 Å². The number of aromatic nitrogens is 1. The Hall–Kier alpha value is -1.40. The van der Waals surface area contributed by atoms with Crippen molar-refractivity contribution in [1.82, 2.24) is 4.98 Å². The molecule has 0 N–H and O–H groups in total. The molecule has 0 spiro atoms. The molecule has 2 rings (SSSR count). The van der Waals surface area contributed by atoms with Gasteiger partial charge in [0.15, 0.2) is 0 Å². The summed E-state index contributed by atoms with van der Waals surface area (Å²) in [5, 5.41) is 0. The normalized spacial score (nSPS) is 11.2. The van der Waals surface area contributed by atoms with Crippen LogP contribution in [0.15, 0.2) is 58.0 Å². The first kappa shape index (κ1) is 13.0. The van der Waals surface area contributed by atoms with Gasteiger partial charge in [0.1, 0.15) is 5.82 Å². The molecule has 0 aliphatic rings. The molecule has 0 amide bonds. The molecule has 1 aromatic carbocycles. The van der Waals surface area contributed by atoms with Gasteiger partial charge in [0.05, 0.1) is 4.90 Å². The molecule has 0 unspecified atom stereocenters. The van der Waals surface area contributed by atoms with E-state index in [9.17, 15) is 8.42 Å². The average Bonchev–Trinajstić information content (AvgIpc) is 2.39. The Kier molecular flexibility index (Phi) is 3.68. The summed E-state index contributed by atoms with van der Waals surface area (Å²) in [5.74, 6) is 0.389. The molecule has 0 atom stereocenters. The van der Waals surface area contributed by atoms with Gasteiger partial charge in [-0.2, -0.15) is 0 Å². The van der Waals surface area contributed by atoms with Crippen molar-refractivity contribution in [2.45, 2.75) is 4.90 Å². The molecule has 0 fully saturated rings. The van der Waals surface area contributed by atoms with Gasteiger partial charge in [-0.05, 0) is 36.4 Å². The molecule has 0 aliphatic carbocycles. The smallest absolute Gasteiger partial charge is 0.253 e. The van der Waals surface area contributed by atoms with Gasteiger partial charge in [-0.15, -0.1) is 0 Å². The molecular formula is C12H11BrN2O2S. The zero-order chi connectivity index (χ0) is 13.2. The largest absolute Gasteiger partial charge is 0.265 e. The average molecular weight is 327 g/mol. The highest BCUT2D eigenvalue weighted by Crippen LogP contribution is 2.21. The number of pyridine rings is 1. The molecule has 0 aliphatic heterocycles. The Morgan fingerprint density at radius 2 is 1.78 bits per heavy atom. The van der Waals surface area contributed by atoms with Gasteiger partial charge in [0, 0.05) is 17.7 Å². The van der Waals surface area contributed by atoms with Gasteiger partial charge in [0.25, 0.3) is 10.0 Å². The summed E-state index contributed by atoms with van der Waals surface area (Å²) in [6.07, 6.45) is 1.56. The van der Waals surface area contributed by atoms with Crippen LogP contribution in [0.3, 0.4) is 0 Å². The summed E-state index contributed by atoms with van der Waals surface area (Å²) >= 11 is 3.27. The van der Waals surface area contributed by atoms with Crippen LogP contribution in [-0.4, -0.2) is 20.4 Å². The summed E-state index contributed by atoms with van der Waals surface area (Å²) in [4.78, 5) is 4.26. The Labute approximate surface area is 114 Å². The van der Waals surface area contributed by atoms with Crippen molar-refractivity contribution >= 4 is 31.8 Å². The first-order valence-corrected chi connectivity index (χ1v) is 7.40. The van der Waals surface area contributed by atoms with E-state index in [1.54, 1.807) is 48.7 Å². The fourth-order valence-corrected chi connectivity index (χ4v) is 2.84. The molecule has 1 heterocycles. The molecular weight excluding hydrogens is 316 g/mol. The van der Waals surface area contributed by atoms with Crippen LogP contribution in [0.5, 0.6) is 0 Å². The van der Waals surface area contributed by atoms with Gasteiger partial charge < -0.3 is 0 Å². The molecule has 6 heteroatoms. The predicted molar refractivity (Wildman–Crippen MR) is 74.0 cm³/mol. The number of benzene rings is 1. The Morgan fingerprint density at radius 3 is 2.33 bits per heavy atom. The predicted octanol–water partition coefficient (Wildman–Crippen LogP) is 2.67. The lowest BCUT2D eigenvalue weighted by Gasteiger charge is -2.18. The van der Waals surface area contributed by atoms with Crippen molar-refractivity contribution in [3.8, 4) is 0 Å². The van der Waals surface area contributed by atoms with E-state index in [0.717, 1.165) is 8.78 Å². The standard InChI is InChI=1S/C12H11BrN2O2S/c1-15(12-4-2-3-9-14-12)18(16,17)11-7-5-10(13)6-8-11/h2-9H,1H3. The summed E-state index contributed by atoms with van der Waals surface area (Å²) in [6.45, 7) is 0. The summed E-state index contributed by atoms with van der Waals surface area (Å²) in [5.41, 5.74) is 0. The highest BCUT2D eigenvalue weighted by molar-refractivity contribution is 9.10. The van der Waals surface area contributed by atoms with Crippen LogP contribution in [0.25, 0.3) is 0 Å². The van der Waals surface area contributed by atoms with Crippen LogP contribution >= 0.6 is 15.9 Å². The zero-order valence-corrected chi connectivity index (χ0v) is 12.0. The fraction of sp³-hybridized carbons (Fsp3) is 0.0833. The van der Waals surface area contributed by atoms with Gasteiger partial charge in [-0.3, -0.25) is 4.31 Å². The SMILES string of the molecule is CN(c1ccccn1)S(=O)(=O)c1ccc(Br)cc1. The van der Waals surface area contributed by atoms with Crippen molar-refractivity contribution in [3.05, 3.63) is 53.1 Å². The first-order chi connectivity index (χ1) is 8.51. The van der Waals surface area contributed by atoms with E-state index in [1.807, 2.05) is 0 Å². The van der Waals surface area contributed by atoms with E-state index >= 15 is 0 Å². The molecule has 1 aromatic heterocycles. The van der Waals surface area contributed by atoms with Gasteiger partial charge in [-0.25, -0.2) is 13.4 Å². The number of anilines is 1. The van der Waals surface area contributed by atoms with E-state index in [4.69, 9.17) is 0 Å². The van der Waals surface area contributed by atoms with Crippen LogP contribution in [0.4, 0.5) is 5.82 Å². The minimum absolute atomic E-state index is 0.235. The third-order valence-corrected chi connectivity index (χ3v) is 4.75. The minimum Gasteiger partial charge on any atom is -0.253 e. The lowest BCUT2D eigenvalue weighted by Crippen LogP contribution is -2.27. The summed E-state index contributed by atoms with van der Waals surface area (Å²) < 4.78 is 26.6. The maximum Gasteiger partial charge on any atom is 0.265 e. The summed E-state index contributed by atoms with van der Waals surface area (Å²) in [7, 11) is -2.07. The molecule has 4 nitrogen and oxygen atoms in total. The van der Waals surface area contributed by atoms with Crippen LogP contribution in [0, 0.1) is 0 Å². The quantitative estimate of drug-likeness (QED) is 0.871. The Bertz CT molecular complexity index is 627. The molecule has 94 valence electrons. The van der Waals surface area contributed by atoms with Gasteiger partial charge >= 0.3 is 0 Å². The van der Waals surface area contributed by atoms with Crippen molar-refractivity contribution in [3.63, 3.8) is 0 Å². The monoisotopic (exact) mass is 326 g/mol. The molecule has 2 aromatic rings. The second-order valence-electron chi connectivity index (χ2n) is 3.61. The van der Waals surface area contributed by atoms with Crippen molar-refractivity contribution in [2.75, 3.05) is 11.4 Å². The summed E-state index contributed by atoms with van der Waals surface area (Å²) in [6, 6.07) is 11.6. The van der Waals surface area contributed by atoms with Crippen LogP contribution in [-0.2, 0) is 10.0 Å². The number of nitrogens with zero attached hydrogens (tertiary/aromatic N) is 2. The number of rotatable bonds is 3. The van der Waals surface area contributed by atoms with E-state index in [1.165, 1.54) is 7.05 Å². The highest BCUT2D eigenvalue weighted by Gasteiger charge is 2.21. The topological polar surface area (TPSA) is 50.3 Å². The molecule has 0 saturated heterocycles. The van der Waals surface area contributed by atoms with Gasteiger partial charge in [-0.1, -0.05) is 22.0 Å². The fourth-order valence-electron chi connectivity index (χ4n) is 1.43. The maximum atomic E-state index is 12.3. The third-order valence-electron chi connectivity index (χ3n) is 2.44. The van der Waals surface area contributed by atoms with Crippen molar-refractivity contribution < 1.29 is 8.42 Å². The zero-order valence-electron chi connectivity index (χ0n) is 9.62. The third kappa shape index (κ3) is 2.54. The van der Waals surface area contributed by atoms with Crippen LogP contribution in [0.1, 0.15) is 0 Å². The lowest BCUT2D eigenvalue weighted by molar-refractivity contribution is 0.594. The Balaban J connectivity index is 2.40. The lowest BCUT2D eigenvalue weighted by atomic mass is 10.4. The number of halogens is 1. The second-order valence-corrected chi connectivity index (χ2v) is 6.50. The number of sulfonamides is 1. The number of hydrogen-bond donors (Lipinski definition) is 0. The van der Waals surface area contributed by atoms with Gasteiger partial charge in [0.2, 0.25) is 0 Å². The molecule has 0 bridgehead atoms. The molecule has 18 heavy (non-hydrogen) atoms. The van der Waals surface area contributed by atoms with E-state index < -0.39 is 10.0 Å². The minimum atomic E-state index is -3.56. The number of hydrogen-bond acceptors (Lipinski definition) is 3. The maximum absolute atomic E-state index is 12.3. The van der Waals surface area contributed by atoms with Crippen LogP contribution < -0.4 is 4.31 Å².